The second kappa shape index (κ2) is 8.28. The summed E-state index contributed by atoms with van der Waals surface area (Å²) in [6, 6.07) is 11.2. The Balaban J connectivity index is 2.08. The van der Waals surface area contributed by atoms with Gasteiger partial charge in [0.2, 0.25) is 0 Å². The van der Waals surface area contributed by atoms with Gasteiger partial charge < -0.3 is 15.7 Å². The van der Waals surface area contributed by atoms with Crippen molar-refractivity contribution in [1.29, 1.82) is 0 Å². The first-order valence-corrected chi connectivity index (χ1v) is 7.55. The fourth-order valence-electron chi connectivity index (χ4n) is 2.11. The van der Waals surface area contributed by atoms with E-state index in [0.717, 1.165) is 0 Å². The number of anilines is 1. The first-order chi connectivity index (χ1) is 11.5. The van der Waals surface area contributed by atoms with Gasteiger partial charge in [-0.15, -0.1) is 0 Å². The van der Waals surface area contributed by atoms with Crippen LogP contribution in [0.2, 0.25) is 5.02 Å². The van der Waals surface area contributed by atoms with Crippen molar-refractivity contribution >= 4 is 28.9 Å². The normalized spacial score (nSPS) is 10.2. The average molecular weight is 350 g/mol. The van der Waals surface area contributed by atoms with E-state index >= 15 is 0 Å². The maximum absolute atomic E-state index is 11.8. The van der Waals surface area contributed by atoms with Crippen molar-refractivity contribution in [2.75, 3.05) is 18.5 Å². The topological polar surface area (TPSA) is 104 Å². The minimum absolute atomic E-state index is 0.0381. The lowest BCUT2D eigenvalue weighted by Crippen LogP contribution is -2.26. The lowest BCUT2D eigenvalue weighted by Gasteiger charge is -2.10. The van der Waals surface area contributed by atoms with Gasteiger partial charge in [0.25, 0.3) is 11.6 Å². The molecule has 0 aliphatic heterocycles. The van der Waals surface area contributed by atoms with Crippen LogP contribution in [0.3, 0.4) is 0 Å². The number of nitrogens with one attached hydrogen (secondary N) is 2. The quantitative estimate of drug-likeness (QED) is 0.526. The maximum Gasteiger partial charge on any atom is 0.274 e. The number of benzene rings is 2. The van der Waals surface area contributed by atoms with Gasteiger partial charge in [-0.2, -0.15) is 0 Å². The molecule has 0 radical (unpaired) electrons. The molecule has 1 amide bonds. The zero-order valence-corrected chi connectivity index (χ0v) is 13.4. The molecule has 2 aromatic rings. The lowest BCUT2D eigenvalue weighted by molar-refractivity contribution is -0.385. The molecular weight excluding hydrogens is 334 g/mol. The van der Waals surface area contributed by atoms with Crippen LogP contribution in [0.1, 0.15) is 15.9 Å². The Hall–Kier alpha value is -2.64. The monoisotopic (exact) mass is 349 g/mol. The Bertz CT molecular complexity index is 752. The van der Waals surface area contributed by atoms with Crippen LogP contribution < -0.4 is 10.6 Å². The van der Waals surface area contributed by atoms with Crippen molar-refractivity contribution in [2.45, 2.75) is 6.54 Å². The summed E-state index contributed by atoms with van der Waals surface area (Å²) in [5, 5.41) is 25.5. The Morgan fingerprint density at radius 3 is 2.67 bits per heavy atom. The van der Waals surface area contributed by atoms with Gasteiger partial charge in [0.05, 0.1) is 22.1 Å². The van der Waals surface area contributed by atoms with Gasteiger partial charge >= 0.3 is 0 Å². The van der Waals surface area contributed by atoms with E-state index in [1.54, 1.807) is 36.4 Å². The van der Waals surface area contributed by atoms with Gasteiger partial charge in [-0.25, -0.2) is 0 Å². The Morgan fingerprint density at radius 2 is 2.00 bits per heavy atom. The molecule has 2 aromatic carbocycles. The van der Waals surface area contributed by atoms with Gasteiger partial charge in [-0.05, 0) is 18.2 Å². The molecule has 0 unspecified atom stereocenters. The van der Waals surface area contributed by atoms with Crippen LogP contribution in [-0.2, 0) is 6.54 Å². The van der Waals surface area contributed by atoms with Crippen LogP contribution in [0.4, 0.5) is 11.4 Å². The molecule has 126 valence electrons. The number of aliphatic hydroxyl groups excluding tert-OH is 1. The molecule has 0 aliphatic rings. The summed E-state index contributed by atoms with van der Waals surface area (Å²) in [4.78, 5) is 22.4. The second-order valence-corrected chi connectivity index (χ2v) is 5.32. The van der Waals surface area contributed by atoms with E-state index in [-0.39, 0.29) is 36.3 Å². The largest absolute Gasteiger partial charge is 0.395 e. The second-order valence-electron chi connectivity index (χ2n) is 4.91. The molecule has 0 bridgehead atoms. The van der Waals surface area contributed by atoms with Crippen molar-refractivity contribution < 1.29 is 14.8 Å². The zero-order chi connectivity index (χ0) is 17.5. The summed E-state index contributed by atoms with van der Waals surface area (Å²) < 4.78 is 0. The van der Waals surface area contributed by atoms with E-state index in [9.17, 15) is 14.9 Å². The minimum Gasteiger partial charge on any atom is -0.395 e. The van der Waals surface area contributed by atoms with E-state index in [1.165, 1.54) is 6.07 Å². The SMILES string of the molecule is O=C(NCCO)c1ccc(NCc2ccccc2[N+](=O)[O-])cc1Cl. The van der Waals surface area contributed by atoms with Crippen molar-refractivity contribution in [2.24, 2.45) is 0 Å². The van der Waals surface area contributed by atoms with Gasteiger partial charge in [0.15, 0.2) is 0 Å². The van der Waals surface area contributed by atoms with E-state index in [0.29, 0.717) is 16.8 Å². The number of rotatable bonds is 7. The zero-order valence-electron chi connectivity index (χ0n) is 12.7. The average Bonchev–Trinajstić information content (AvgIpc) is 2.58. The molecule has 0 heterocycles. The molecule has 0 saturated heterocycles. The highest BCUT2D eigenvalue weighted by molar-refractivity contribution is 6.34. The number of nitrogens with zero attached hydrogens (tertiary/aromatic N) is 1. The number of halogens is 1. The van der Waals surface area contributed by atoms with Crippen molar-refractivity contribution in [3.8, 4) is 0 Å². The number of carbonyl (C=O) groups is 1. The molecule has 0 saturated carbocycles. The molecule has 0 aromatic heterocycles. The molecule has 24 heavy (non-hydrogen) atoms. The summed E-state index contributed by atoms with van der Waals surface area (Å²) in [7, 11) is 0. The predicted molar refractivity (Wildman–Crippen MR) is 91.3 cm³/mol. The van der Waals surface area contributed by atoms with Crippen LogP contribution in [0.25, 0.3) is 0 Å². The number of para-hydroxylation sites is 1. The highest BCUT2D eigenvalue weighted by atomic mass is 35.5. The summed E-state index contributed by atoms with van der Waals surface area (Å²) >= 11 is 6.10. The van der Waals surface area contributed by atoms with E-state index < -0.39 is 4.92 Å². The summed E-state index contributed by atoms with van der Waals surface area (Å²) in [5.41, 5.74) is 1.51. The van der Waals surface area contributed by atoms with Crippen molar-refractivity contribution in [3.63, 3.8) is 0 Å². The smallest absolute Gasteiger partial charge is 0.274 e. The number of hydrogen-bond donors (Lipinski definition) is 3. The first kappa shape index (κ1) is 17.7. The predicted octanol–water partition coefficient (Wildman–Crippen LogP) is 2.58. The summed E-state index contributed by atoms with van der Waals surface area (Å²) in [5.74, 6) is -0.376. The molecule has 7 nitrogen and oxygen atoms in total. The lowest BCUT2D eigenvalue weighted by atomic mass is 10.1. The number of nitro benzene ring substituents is 1. The highest BCUT2D eigenvalue weighted by Crippen LogP contribution is 2.23. The van der Waals surface area contributed by atoms with Crippen LogP contribution >= 0.6 is 11.6 Å². The molecule has 0 fully saturated rings. The molecule has 8 heteroatoms. The molecular formula is C16H16ClN3O4. The fraction of sp³-hybridized carbons (Fsp3) is 0.188. The Morgan fingerprint density at radius 1 is 1.25 bits per heavy atom. The minimum atomic E-state index is -0.432. The third kappa shape index (κ3) is 4.43. The van der Waals surface area contributed by atoms with E-state index in [2.05, 4.69) is 10.6 Å². The third-order valence-corrected chi connectivity index (χ3v) is 3.60. The standard InChI is InChI=1S/C16H16ClN3O4/c17-14-9-12(5-6-13(14)16(22)18-7-8-21)19-10-11-3-1-2-4-15(11)20(23)24/h1-6,9,19,21H,7-8,10H2,(H,18,22). The van der Waals surface area contributed by atoms with Crippen LogP contribution in [-0.4, -0.2) is 29.1 Å². The van der Waals surface area contributed by atoms with Crippen molar-refractivity contribution in [3.05, 3.63) is 68.7 Å². The molecule has 0 aliphatic carbocycles. The fourth-order valence-corrected chi connectivity index (χ4v) is 2.38. The van der Waals surface area contributed by atoms with Crippen LogP contribution in [0.15, 0.2) is 42.5 Å². The Labute approximate surface area is 143 Å². The first-order valence-electron chi connectivity index (χ1n) is 7.17. The number of amides is 1. The number of hydrogen-bond acceptors (Lipinski definition) is 5. The maximum atomic E-state index is 11.8. The molecule has 2 rings (SSSR count). The molecule has 0 atom stereocenters. The summed E-state index contributed by atoms with van der Waals surface area (Å²) in [6.07, 6.45) is 0. The van der Waals surface area contributed by atoms with Crippen molar-refractivity contribution in [1.82, 2.24) is 5.32 Å². The van der Waals surface area contributed by atoms with E-state index in [4.69, 9.17) is 16.7 Å². The van der Waals surface area contributed by atoms with E-state index in [1.807, 2.05) is 0 Å². The number of aliphatic hydroxyl groups is 1. The molecule has 0 spiro atoms. The Kier molecular flexibility index (Phi) is 6.11. The highest BCUT2D eigenvalue weighted by Gasteiger charge is 2.13. The number of nitro groups is 1. The van der Waals surface area contributed by atoms with Gasteiger partial charge in [0.1, 0.15) is 0 Å². The van der Waals surface area contributed by atoms with Gasteiger partial charge in [-0.1, -0.05) is 29.8 Å². The van der Waals surface area contributed by atoms with Gasteiger partial charge in [-0.3, -0.25) is 14.9 Å². The third-order valence-electron chi connectivity index (χ3n) is 3.28. The van der Waals surface area contributed by atoms with Gasteiger partial charge in [0, 0.05) is 30.4 Å². The summed E-state index contributed by atoms with van der Waals surface area (Å²) in [6.45, 7) is 0.245. The van der Waals surface area contributed by atoms with Crippen LogP contribution in [0, 0.1) is 10.1 Å². The molecule has 3 N–H and O–H groups in total. The number of carbonyl (C=O) groups excluding carboxylic acids is 1. The van der Waals surface area contributed by atoms with Crippen LogP contribution in [0.5, 0.6) is 0 Å².